The van der Waals surface area contributed by atoms with Gasteiger partial charge in [0.25, 0.3) is 0 Å². The second-order valence-electron chi connectivity index (χ2n) is 2.26. The molecule has 0 saturated heterocycles. The van der Waals surface area contributed by atoms with Crippen molar-refractivity contribution in [3.05, 3.63) is 15.7 Å². The summed E-state index contributed by atoms with van der Waals surface area (Å²) in [5, 5.41) is 17.7. The molecule has 1 rings (SSSR count). The van der Waals surface area contributed by atoms with E-state index in [-0.39, 0.29) is 26.6 Å². The van der Waals surface area contributed by atoms with Gasteiger partial charge in [0.15, 0.2) is 11.2 Å². The lowest BCUT2D eigenvalue weighted by Crippen LogP contribution is -2.41. The summed E-state index contributed by atoms with van der Waals surface area (Å²) in [7, 11) is 1.31. The fourth-order valence-corrected chi connectivity index (χ4v) is 0.843. The highest BCUT2D eigenvalue weighted by Crippen LogP contribution is 2.02. The number of aromatic nitrogens is 2. The summed E-state index contributed by atoms with van der Waals surface area (Å²) < 4.78 is 0. The maximum Gasteiger partial charge on any atom is 0.331 e. The van der Waals surface area contributed by atoms with Crippen molar-refractivity contribution in [2.24, 2.45) is 4.99 Å². The number of nitrogens with zero attached hydrogens (tertiary/aromatic N) is 3. The predicted molar refractivity (Wildman–Crippen MR) is 43.4 cm³/mol. The summed E-state index contributed by atoms with van der Waals surface area (Å²) in [5.74, 6) is -0.359. The van der Waals surface area contributed by atoms with E-state index in [0.29, 0.717) is 0 Å². The zero-order valence-corrected chi connectivity index (χ0v) is 6.80. The molecule has 6 N–H and O–H groups in total. The molecule has 0 radical (unpaired) electrons. The molecule has 1 aromatic rings. The van der Waals surface area contributed by atoms with Crippen LogP contribution in [0.4, 0.5) is 11.5 Å². The Morgan fingerprint density at radius 1 is 1.31 bits per heavy atom. The molecule has 1 aromatic heterocycles. The van der Waals surface area contributed by atoms with Gasteiger partial charge in [-0.1, -0.05) is 4.85 Å². The zero-order chi connectivity index (χ0) is 10.2. The highest BCUT2D eigenvalue weighted by atomic mass is 16.6. The van der Waals surface area contributed by atoms with Crippen LogP contribution in [0, 0.1) is 0 Å². The van der Waals surface area contributed by atoms with E-state index in [4.69, 9.17) is 21.9 Å². The number of hydrogen-bond acceptors (Lipinski definition) is 6. The fraction of sp³-hybridized carbons (Fsp3) is 0.200. The highest BCUT2D eigenvalue weighted by Gasteiger charge is 2.10. The normalized spacial score (nSPS) is 11.9. The predicted octanol–water partition coefficient (Wildman–Crippen LogP) is -2.18. The number of rotatable bonds is 0. The van der Waals surface area contributed by atoms with E-state index in [9.17, 15) is 4.79 Å². The van der Waals surface area contributed by atoms with Crippen molar-refractivity contribution in [1.82, 2.24) is 9.69 Å². The largest absolute Gasteiger partial charge is 0.409 e. The lowest BCUT2D eigenvalue weighted by Gasteiger charge is -2.07. The van der Waals surface area contributed by atoms with Crippen molar-refractivity contribution in [3.8, 4) is 0 Å². The van der Waals surface area contributed by atoms with E-state index in [1.165, 1.54) is 7.05 Å². The van der Waals surface area contributed by atoms with Crippen LogP contribution in [0.3, 0.4) is 0 Å². The Balaban J connectivity index is 3.90. The first-order valence-corrected chi connectivity index (χ1v) is 3.25. The summed E-state index contributed by atoms with van der Waals surface area (Å²) >= 11 is 0. The Kier molecular flexibility index (Phi) is 1.89. The van der Waals surface area contributed by atoms with Crippen LogP contribution < -0.4 is 22.4 Å². The van der Waals surface area contributed by atoms with Gasteiger partial charge in [-0.05, 0) is 4.85 Å². The Morgan fingerprint density at radius 2 is 1.85 bits per heavy atom. The van der Waals surface area contributed by atoms with Crippen molar-refractivity contribution in [1.29, 1.82) is 0 Å². The molecule has 0 saturated carbocycles. The molecule has 0 spiro atoms. The van der Waals surface area contributed by atoms with Gasteiger partial charge in [0.1, 0.15) is 5.69 Å². The second kappa shape index (κ2) is 2.73. The van der Waals surface area contributed by atoms with Gasteiger partial charge in [-0.15, -0.1) is 0 Å². The number of nitrogen functional groups attached to an aromatic ring is 2. The molecule has 0 unspecified atom stereocenters. The summed E-state index contributed by atoms with van der Waals surface area (Å²) in [6.45, 7) is 0. The lowest BCUT2D eigenvalue weighted by molar-refractivity contribution is -0.0189. The van der Waals surface area contributed by atoms with Crippen LogP contribution in [0.2, 0.25) is 0 Å². The maximum absolute atomic E-state index is 11.1. The van der Waals surface area contributed by atoms with Gasteiger partial charge in [-0.2, -0.15) is 0 Å². The molecule has 0 bridgehead atoms. The third kappa shape index (κ3) is 1.08. The SMILES string of the molecule is CN=c1c(N)c(N)n(O)n(O)c1=O. The van der Waals surface area contributed by atoms with E-state index in [0.717, 1.165) is 0 Å². The Bertz CT molecular complexity index is 456. The Labute approximate surface area is 71.9 Å². The Morgan fingerprint density at radius 3 is 2.31 bits per heavy atom. The molecule has 1 heterocycles. The Hall–Kier alpha value is -2.12. The third-order valence-corrected chi connectivity index (χ3v) is 1.53. The zero-order valence-electron chi connectivity index (χ0n) is 6.80. The summed E-state index contributed by atoms with van der Waals surface area (Å²) in [6.07, 6.45) is 0. The van der Waals surface area contributed by atoms with Crippen molar-refractivity contribution in [3.63, 3.8) is 0 Å². The molecule has 0 aliphatic rings. The van der Waals surface area contributed by atoms with Crippen LogP contribution in [0.15, 0.2) is 9.79 Å². The minimum atomic E-state index is -0.947. The van der Waals surface area contributed by atoms with Gasteiger partial charge in [-0.3, -0.25) is 9.79 Å². The molecule has 0 aliphatic heterocycles. The molecular formula is C5H9N5O3. The molecule has 0 aromatic carbocycles. The third-order valence-electron chi connectivity index (χ3n) is 1.53. The van der Waals surface area contributed by atoms with Crippen LogP contribution in [0.25, 0.3) is 0 Å². The van der Waals surface area contributed by atoms with E-state index >= 15 is 0 Å². The summed E-state index contributed by atoms with van der Waals surface area (Å²) in [4.78, 5) is 14.6. The number of anilines is 2. The van der Waals surface area contributed by atoms with Gasteiger partial charge in [-0.25, -0.2) is 0 Å². The molecule has 72 valence electrons. The molecule has 0 amide bonds. The van der Waals surface area contributed by atoms with E-state index in [2.05, 4.69) is 4.99 Å². The first-order chi connectivity index (χ1) is 6.00. The minimum Gasteiger partial charge on any atom is -0.409 e. The lowest BCUT2D eigenvalue weighted by atomic mass is 10.4. The molecule has 8 heteroatoms. The monoisotopic (exact) mass is 187 g/mol. The highest BCUT2D eigenvalue weighted by molar-refractivity contribution is 5.56. The molecule has 0 aliphatic carbocycles. The van der Waals surface area contributed by atoms with Crippen LogP contribution in [-0.4, -0.2) is 27.2 Å². The number of nitrogens with two attached hydrogens (primary N) is 2. The van der Waals surface area contributed by atoms with E-state index in [1.807, 2.05) is 0 Å². The van der Waals surface area contributed by atoms with Gasteiger partial charge < -0.3 is 21.9 Å². The fourth-order valence-electron chi connectivity index (χ4n) is 0.843. The average molecular weight is 187 g/mol. The van der Waals surface area contributed by atoms with Crippen molar-refractivity contribution < 1.29 is 10.4 Å². The molecule has 8 nitrogen and oxygen atoms in total. The topological polar surface area (TPSA) is 132 Å². The standard InChI is InChI=1S/C5H9N5O3/c1-8-3-2(6)4(7)9(12)10(13)5(3)11/h12-13H,6-7H2,1H3. The van der Waals surface area contributed by atoms with Crippen LogP contribution in [0.5, 0.6) is 0 Å². The summed E-state index contributed by atoms with van der Waals surface area (Å²) in [5.41, 5.74) is 9.45. The smallest absolute Gasteiger partial charge is 0.331 e. The van der Waals surface area contributed by atoms with Crippen LogP contribution >= 0.6 is 0 Å². The molecule has 0 fully saturated rings. The molecule has 13 heavy (non-hydrogen) atoms. The number of hydrogen-bond donors (Lipinski definition) is 4. The van der Waals surface area contributed by atoms with E-state index in [1.54, 1.807) is 0 Å². The van der Waals surface area contributed by atoms with Gasteiger partial charge in [0, 0.05) is 7.05 Å². The van der Waals surface area contributed by atoms with Crippen molar-refractivity contribution >= 4 is 11.5 Å². The van der Waals surface area contributed by atoms with Crippen LogP contribution in [-0.2, 0) is 0 Å². The van der Waals surface area contributed by atoms with Gasteiger partial charge in [0.2, 0.25) is 0 Å². The van der Waals surface area contributed by atoms with Crippen molar-refractivity contribution in [2.45, 2.75) is 0 Å². The van der Waals surface area contributed by atoms with E-state index < -0.39 is 5.56 Å². The van der Waals surface area contributed by atoms with Crippen molar-refractivity contribution in [2.75, 3.05) is 18.5 Å². The van der Waals surface area contributed by atoms with Gasteiger partial charge in [0.05, 0.1) is 0 Å². The molecular weight excluding hydrogens is 178 g/mol. The molecule has 0 atom stereocenters. The first-order valence-electron chi connectivity index (χ1n) is 3.25. The average Bonchev–Trinajstić information content (AvgIpc) is 2.13. The van der Waals surface area contributed by atoms with Gasteiger partial charge >= 0.3 is 5.56 Å². The first kappa shape index (κ1) is 8.97. The quantitative estimate of drug-likeness (QED) is 0.343. The second-order valence-corrected chi connectivity index (χ2v) is 2.26. The summed E-state index contributed by atoms with van der Waals surface area (Å²) in [6, 6.07) is 0. The minimum absolute atomic E-state index is 0.0341. The maximum atomic E-state index is 11.1. The van der Waals surface area contributed by atoms with Crippen LogP contribution in [0.1, 0.15) is 0 Å².